The van der Waals surface area contributed by atoms with Crippen molar-refractivity contribution in [2.45, 2.75) is 13.0 Å². The summed E-state index contributed by atoms with van der Waals surface area (Å²) < 4.78 is 30.5. The molecular weight excluding hydrogens is 393 g/mol. The number of fused-ring (bicyclic) bond motifs is 1. The van der Waals surface area contributed by atoms with E-state index in [4.69, 9.17) is 13.9 Å². The number of aromatic carboxylic acids is 1. The normalized spacial score (nSPS) is 15.4. The van der Waals surface area contributed by atoms with Crippen LogP contribution in [0.2, 0.25) is 0 Å². The van der Waals surface area contributed by atoms with Crippen LogP contribution >= 0.6 is 0 Å². The van der Waals surface area contributed by atoms with Gasteiger partial charge >= 0.3 is 5.97 Å². The first-order chi connectivity index (χ1) is 14.4. The van der Waals surface area contributed by atoms with E-state index in [0.717, 1.165) is 5.69 Å². The number of carboxylic acid groups (broad SMARTS) is 1. The number of morpholine rings is 1. The fourth-order valence-electron chi connectivity index (χ4n) is 3.51. The second kappa shape index (κ2) is 8.33. The van der Waals surface area contributed by atoms with Crippen molar-refractivity contribution in [3.05, 3.63) is 47.8 Å². The number of hydrogen-bond donors (Lipinski definition) is 2. The third kappa shape index (κ3) is 3.96. The topological polar surface area (TPSA) is 92.4 Å². The fourth-order valence-corrected chi connectivity index (χ4v) is 3.51. The highest BCUT2D eigenvalue weighted by molar-refractivity contribution is 6.09. The van der Waals surface area contributed by atoms with Gasteiger partial charge < -0.3 is 29.0 Å². The summed E-state index contributed by atoms with van der Waals surface area (Å²) in [6.07, 6.45) is -0.684. The Labute approximate surface area is 172 Å². The Kier molecular flexibility index (Phi) is 5.61. The smallest absolute Gasteiger partial charge is 0.340 e. The minimum atomic E-state index is -1.16. The number of anilines is 1. The van der Waals surface area contributed by atoms with E-state index in [-0.39, 0.29) is 17.9 Å². The molecule has 0 radical (unpaired) electrons. The van der Waals surface area contributed by atoms with Crippen LogP contribution in [0.3, 0.4) is 0 Å². The van der Waals surface area contributed by atoms with Gasteiger partial charge in [-0.2, -0.15) is 0 Å². The van der Waals surface area contributed by atoms with E-state index in [1.54, 1.807) is 19.1 Å². The number of aliphatic hydroxyl groups is 1. The van der Waals surface area contributed by atoms with E-state index in [0.29, 0.717) is 48.6 Å². The van der Waals surface area contributed by atoms with E-state index in [9.17, 15) is 19.4 Å². The van der Waals surface area contributed by atoms with Gasteiger partial charge in [0.1, 0.15) is 35.1 Å². The first-order valence-electron chi connectivity index (χ1n) is 9.67. The minimum Gasteiger partial charge on any atom is -0.489 e. The van der Waals surface area contributed by atoms with Crippen LogP contribution in [0, 0.1) is 5.82 Å². The Balaban J connectivity index is 1.88. The molecule has 1 unspecified atom stereocenters. The van der Waals surface area contributed by atoms with Gasteiger partial charge in [-0.15, -0.1) is 0 Å². The van der Waals surface area contributed by atoms with Gasteiger partial charge in [0.05, 0.1) is 25.0 Å². The molecule has 8 heteroatoms. The first kappa shape index (κ1) is 20.2. The molecular formula is C22H22FNO6. The van der Waals surface area contributed by atoms with E-state index in [2.05, 4.69) is 4.90 Å². The van der Waals surface area contributed by atoms with Gasteiger partial charge in [-0.25, -0.2) is 9.18 Å². The standard InChI is InChI=1S/C22H22FNO6/c1-13(25)12-29-19-10-16-18(11-17(19)24-6-8-28-9-7-24)30-21(20(16)22(26)27)14-2-4-15(23)5-3-14/h2-5,10-11,13,25H,6-9,12H2,1H3,(H,26,27). The van der Waals surface area contributed by atoms with E-state index >= 15 is 0 Å². The van der Waals surface area contributed by atoms with Crippen LogP contribution in [0.5, 0.6) is 5.75 Å². The molecule has 0 amide bonds. The molecule has 2 heterocycles. The van der Waals surface area contributed by atoms with E-state index in [1.807, 2.05) is 0 Å². The third-order valence-corrected chi connectivity index (χ3v) is 4.92. The van der Waals surface area contributed by atoms with Crippen molar-refractivity contribution in [2.75, 3.05) is 37.8 Å². The van der Waals surface area contributed by atoms with Crippen molar-refractivity contribution in [1.82, 2.24) is 0 Å². The van der Waals surface area contributed by atoms with Crippen molar-refractivity contribution in [2.24, 2.45) is 0 Å². The van der Waals surface area contributed by atoms with Crippen LogP contribution in [-0.4, -0.2) is 55.2 Å². The van der Waals surface area contributed by atoms with Crippen LogP contribution in [0.4, 0.5) is 10.1 Å². The number of hydrogen-bond acceptors (Lipinski definition) is 6. The maximum atomic E-state index is 13.3. The van der Waals surface area contributed by atoms with Crippen molar-refractivity contribution in [1.29, 1.82) is 0 Å². The summed E-state index contributed by atoms with van der Waals surface area (Å²) in [4.78, 5) is 14.1. The van der Waals surface area contributed by atoms with Gasteiger partial charge in [0.25, 0.3) is 0 Å². The molecule has 4 rings (SSSR count). The van der Waals surface area contributed by atoms with Crippen LogP contribution < -0.4 is 9.64 Å². The van der Waals surface area contributed by atoms with Gasteiger partial charge in [-0.05, 0) is 37.3 Å². The molecule has 30 heavy (non-hydrogen) atoms. The maximum absolute atomic E-state index is 13.3. The quantitative estimate of drug-likeness (QED) is 0.636. The highest BCUT2D eigenvalue weighted by Crippen LogP contribution is 2.40. The molecule has 1 aromatic heterocycles. The summed E-state index contributed by atoms with van der Waals surface area (Å²) in [5.74, 6) is -0.971. The molecule has 0 saturated carbocycles. The second-order valence-electron chi connectivity index (χ2n) is 7.19. The molecule has 0 aliphatic carbocycles. The lowest BCUT2D eigenvalue weighted by Gasteiger charge is -2.30. The summed E-state index contributed by atoms with van der Waals surface area (Å²) in [6, 6.07) is 8.84. The number of nitrogens with zero attached hydrogens (tertiary/aromatic N) is 1. The van der Waals surface area contributed by atoms with Crippen LogP contribution in [0.15, 0.2) is 40.8 Å². The van der Waals surface area contributed by atoms with Crippen molar-refractivity contribution in [3.8, 4) is 17.1 Å². The summed E-state index contributed by atoms with van der Waals surface area (Å²) in [5, 5.41) is 19.9. The van der Waals surface area contributed by atoms with Crippen LogP contribution in [-0.2, 0) is 4.74 Å². The van der Waals surface area contributed by atoms with Crippen molar-refractivity contribution < 1.29 is 33.3 Å². The monoisotopic (exact) mass is 415 g/mol. The van der Waals surface area contributed by atoms with Crippen molar-refractivity contribution >= 4 is 22.6 Å². The zero-order valence-electron chi connectivity index (χ0n) is 16.4. The molecule has 158 valence electrons. The Morgan fingerprint density at radius 2 is 1.93 bits per heavy atom. The first-order valence-corrected chi connectivity index (χ1v) is 9.67. The van der Waals surface area contributed by atoms with Gasteiger partial charge in [0.15, 0.2) is 0 Å². The highest BCUT2D eigenvalue weighted by Gasteiger charge is 2.25. The molecule has 1 aliphatic heterocycles. The lowest BCUT2D eigenvalue weighted by atomic mass is 10.0. The lowest BCUT2D eigenvalue weighted by molar-refractivity contribution is 0.0699. The SMILES string of the molecule is CC(O)COc1cc2c(C(=O)O)c(-c3ccc(F)cc3)oc2cc1N1CCOCC1. The Morgan fingerprint density at radius 3 is 2.57 bits per heavy atom. The Morgan fingerprint density at radius 1 is 1.23 bits per heavy atom. The van der Waals surface area contributed by atoms with Crippen molar-refractivity contribution in [3.63, 3.8) is 0 Å². The number of halogens is 1. The largest absolute Gasteiger partial charge is 0.489 e. The Hall–Kier alpha value is -3.10. The zero-order chi connectivity index (χ0) is 21.3. The number of benzene rings is 2. The summed E-state index contributed by atoms with van der Waals surface area (Å²) in [5.41, 5.74) is 1.57. The molecule has 1 saturated heterocycles. The summed E-state index contributed by atoms with van der Waals surface area (Å²) in [6.45, 7) is 4.09. The fraction of sp³-hybridized carbons (Fsp3) is 0.318. The van der Waals surface area contributed by atoms with E-state index in [1.165, 1.54) is 24.3 Å². The summed E-state index contributed by atoms with van der Waals surface area (Å²) in [7, 11) is 0. The molecule has 0 spiro atoms. The number of ether oxygens (including phenoxy) is 2. The number of carbonyl (C=O) groups is 1. The Bertz CT molecular complexity index is 1050. The molecule has 0 bridgehead atoms. The number of carboxylic acids is 1. The zero-order valence-corrected chi connectivity index (χ0v) is 16.4. The summed E-state index contributed by atoms with van der Waals surface area (Å²) >= 11 is 0. The maximum Gasteiger partial charge on any atom is 0.340 e. The average Bonchev–Trinajstić information content (AvgIpc) is 3.11. The number of aliphatic hydroxyl groups excluding tert-OH is 1. The average molecular weight is 415 g/mol. The lowest BCUT2D eigenvalue weighted by Crippen LogP contribution is -2.36. The van der Waals surface area contributed by atoms with Crippen LogP contribution in [0.25, 0.3) is 22.3 Å². The van der Waals surface area contributed by atoms with Gasteiger partial charge in [0.2, 0.25) is 0 Å². The van der Waals surface area contributed by atoms with E-state index < -0.39 is 17.9 Å². The molecule has 3 aromatic rings. The molecule has 2 N–H and O–H groups in total. The molecule has 1 fully saturated rings. The van der Waals surface area contributed by atoms with Gasteiger partial charge in [-0.1, -0.05) is 0 Å². The van der Waals surface area contributed by atoms with Crippen LogP contribution in [0.1, 0.15) is 17.3 Å². The molecule has 1 atom stereocenters. The van der Waals surface area contributed by atoms with Gasteiger partial charge in [0, 0.05) is 30.1 Å². The second-order valence-corrected chi connectivity index (χ2v) is 7.19. The highest BCUT2D eigenvalue weighted by atomic mass is 19.1. The molecule has 2 aromatic carbocycles. The molecule has 1 aliphatic rings. The molecule has 7 nitrogen and oxygen atoms in total. The van der Waals surface area contributed by atoms with Gasteiger partial charge in [-0.3, -0.25) is 0 Å². The number of rotatable bonds is 6. The number of furan rings is 1. The predicted octanol–water partition coefficient (Wildman–Crippen LogP) is 3.53. The predicted molar refractivity (Wildman–Crippen MR) is 109 cm³/mol. The third-order valence-electron chi connectivity index (χ3n) is 4.92. The minimum absolute atomic E-state index is 0.0213.